The van der Waals surface area contributed by atoms with Crippen LogP contribution in [0.25, 0.3) is 0 Å². The lowest BCUT2D eigenvalue weighted by Crippen LogP contribution is -2.36. The number of rotatable bonds is 9. The lowest BCUT2D eigenvalue weighted by molar-refractivity contribution is -0.162. The number of primary amides is 1. The van der Waals surface area contributed by atoms with E-state index in [1.54, 1.807) is 32.9 Å². The highest BCUT2D eigenvalue weighted by Gasteiger charge is 2.29. The summed E-state index contributed by atoms with van der Waals surface area (Å²) in [6.45, 7) is 5.32. The summed E-state index contributed by atoms with van der Waals surface area (Å²) in [4.78, 5) is 23.6. The first-order valence-electron chi connectivity index (χ1n) is 8.20. The molecule has 146 valence electrons. The molecular formula is C17H25BrN2O5S. The number of amides is 1. The Morgan fingerprint density at radius 3 is 2.27 bits per heavy atom. The summed E-state index contributed by atoms with van der Waals surface area (Å²) in [6, 6.07) is 6.29. The number of esters is 1. The van der Waals surface area contributed by atoms with Crippen LogP contribution in [-0.2, 0) is 24.3 Å². The van der Waals surface area contributed by atoms with Gasteiger partial charge in [-0.3, -0.25) is 9.59 Å². The monoisotopic (exact) mass is 448 g/mol. The molecule has 0 aliphatic rings. The van der Waals surface area contributed by atoms with E-state index in [0.717, 1.165) is 4.47 Å². The Bertz CT molecular complexity index is 727. The van der Waals surface area contributed by atoms with Gasteiger partial charge in [0.2, 0.25) is 15.9 Å². The lowest BCUT2D eigenvalue weighted by atomic mass is 10.0. The van der Waals surface area contributed by atoms with E-state index in [1.165, 1.54) is 12.1 Å². The molecule has 0 unspecified atom stereocenters. The van der Waals surface area contributed by atoms with Crippen molar-refractivity contribution >= 4 is 37.8 Å². The summed E-state index contributed by atoms with van der Waals surface area (Å²) in [7, 11) is -3.59. The summed E-state index contributed by atoms with van der Waals surface area (Å²) < 4.78 is 32.7. The fraction of sp³-hybridized carbons (Fsp3) is 0.529. The van der Waals surface area contributed by atoms with E-state index in [9.17, 15) is 18.0 Å². The zero-order valence-corrected chi connectivity index (χ0v) is 17.5. The predicted octanol–water partition coefficient (Wildman–Crippen LogP) is 2.34. The molecule has 1 amide bonds. The van der Waals surface area contributed by atoms with Gasteiger partial charge >= 0.3 is 5.97 Å². The molecule has 0 heterocycles. The van der Waals surface area contributed by atoms with Crippen LogP contribution >= 0.6 is 15.9 Å². The molecule has 7 nitrogen and oxygen atoms in total. The first-order chi connectivity index (χ1) is 11.9. The number of unbranched alkanes of at least 4 members (excludes halogenated alkanes) is 1. The van der Waals surface area contributed by atoms with Crippen LogP contribution in [-0.4, -0.2) is 32.4 Å². The van der Waals surface area contributed by atoms with Crippen molar-refractivity contribution in [1.29, 1.82) is 0 Å². The van der Waals surface area contributed by atoms with Gasteiger partial charge in [0.25, 0.3) is 0 Å². The van der Waals surface area contributed by atoms with Crippen molar-refractivity contribution in [3.05, 3.63) is 28.7 Å². The van der Waals surface area contributed by atoms with E-state index in [2.05, 4.69) is 20.7 Å². The van der Waals surface area contributed by atoms with Gasteiger partial charge in [0.1, 0.15) is 11.5 Å². The Labute approximate surface area is 162 Å². The molecule has 0 fully saturated rings. The zero-order valence-electron chi connectivity index (χ0n) is 15.1. The molecular weight excluding hydrogens is 424 g/mol. The van der Waals surface area contributed by atoms with Gasteiger partial charge in [-0.2, -0.15) is 0 Å². The summed E-state index contributed by atoms with van der Waals surface area (Å²) in [5, 5.41) is 0. The van der Waals surface area contributed by atoms with E-state index in [0.29, 0.717) is 12.8 Å². The number of sulfonamides is 1. The van der Waals surface area contributed by atoms with Crippen molar-refractivity contribution in [1.82, 2.24) is 4.72 Å². The van der Waals surface area contributed by atoms with Crippen molar-refractivity contribution in [2.75, 3.05) is 6.54 Å². The highest BCUT2D eigenvalue weighted by molar-refractivity contribution is 9.10. The van der Waals surface area contributed by atoms with Crippen molar-refractivity contribution in [3.63, 3.8) is 0 Å². The standard InChI is InChI=1S/C17H25BrN2O5S/c1-17(2,3)25-16(22)14(15(19)21)6-4-5-11-20-26(23,24)13-9-7-12(18)8-10-13/h7-10,14,20H,4-6,11H2,1-3H3,(H2,19,21)/t14-/m1/s1. The van der Waals surface area contributed by atoms with Crippen LogP contribution in [0.5, 0.6) is 0 Å². The van der Waals surface area contributed by atoms with E-state index in [1.807, 2.05) is 0 Å². The van der Waals surface area contributed by atoms with Gasteiger partial charge in [-0.25, -0.2) is 13.1 Å². The van der Waals surface area contributed by atoms with Gasteiger partial charge in [-0.15, -0.1) is 0 Å². The van der Waals surface area contributed by atoms with Gasteiger partial charge in [0, 0.05) is 11.0 Å². The van der Waals surface area contributed by atoms with Crippen LogP contribution in [0, 0.1) is 5.92 Å². The molecule has 1 aromatic rings. The maximum atomic E-state index is 12.1. The fourth-order valence-electron chi connectivity index (χ4n) is 2.13. The molecule has 26 heavy (non-hydrogen) atoms. The van der Waals surface area contributed by atoms with Crippen LogP contribution in [0.3, 0.4) is 0 Å². The number of benzene rings is 1. The fourth-order valence-corrected chi connectivity index (χ4v) is 3.46. The second-order valence-corrected chi connectivity index (χ2v) is 9.52. The van der Waals surface area contributed by atoms with Crippen molar-refractivity contribution in [2.45, 2.75) is 50.5 Å². The molecule has 0 radical (unpaired) electrons. The number of carbonyl (C=O) groups is 2. The van der Waals surface area contributed by atoms with Gasteiger partial charge in [-0.1, -0.05) is 22.4 Å². The summed E-state index contributed by atoms with van der Waals surface area (Å²) >= 11 is 3.25. The van der Waals surface area contributed by atoms with Gasteiger partial charge in [0.15, 0.2) is 0 Å². The number of ether oxygens (including phenoxy) is 1. The minimum atomic E-state index is -3.59. The Morgan fingerprint density at radius 1 is 1.19 bits per heavy atom. The number of halogens is 1. The van der Waals surface area contributed by atoms with Gasteiger partial charge < -0.3 is 10.5 Å². The van der Waals surface area contributed by atoms with Gasteiger partial charge in [-0.05, 0) is 57.9 Å². The van der Waals surface area contributed by atoms with E-state index in [-0.39, 0.29) is 17.9 Å². The van der Waals surface area contributed by atoms with E-state index < -0.39 is 33.4 Å². The lowest BCUT2D eigenvalue weighted by Gasteiger charge is -2.22. The maximum Gasteiger partial charge on any atom is 0.318 e. The topological polar surface area (TPSA) is 116 Å². The summed E-state index contributed by atoms with van der Waals surface area (Å²) in [5.74, 6) is -2.42. The number of hydrogen-bond donors (Lipinski definition) is 2. The minimum Gasteiger partial charge on any atom is -0.459 e. The predicted molar refractivity (Wildman–Crippen MR) is 102 cm³/mol. The van der Waals surface area contributed by atoms with E-state index in [4.69, 9.17) is 10.5 Å². The molecule has 0 bridgehead atoms. The average molecular weight is 449 g/mol. The quantitative estimate of drug-likeness (QED) is 0.341. The summed E-state index contributed by atoms with van der Waals surface area (Å²) in [6.07, 6.45) is 1.13. The molecule has 0 aromatic heterocycles. The molecule has 0 saturated carbocycles. The first kappa shape index (κ1) is 22.6. The third kappa shape index (κ3) is 7.84. The Morgan fingerprint density at radius 2 is 1.77 bits per heavy atom. The number of carbonyl (C=O) groups excluding carboxylic acids is 2. The first-order valence-corrected chi connectivity index (χ1v) is 10.5. The summed E-state index contributed by atoms with van der Waals surface area (Å²) in [5.41, 5.74) is 4.57. The average Bonchev–Trinajstić information content (AvgIpc) is 2.48. The van der Waals surface area contributed by atoms with Crippen LogP contribution in [0.4, 0.5) is 0 Å². The van der Waals surface area contributed by atoms with Gasteiger partial charge in [0.05, 0.1) is 4.90 Å². The largest absolute Gasteiger partial charge is 0.459 e. The smallest absolute Gasteiger partial charge is 0.318 e. The second-order valence-electron chi connectivity index (χ2n) is 6.84. The minimum absolute atomic E-state index is 0.171. The Kier molecular flexibility index (Phi) is 8.23. The normalized spacial score (nSPS) is 13.2. The van der Waals surface area contributed by atoms with Crippen LogP contribution in [0.15, 0.2) is 33.6 Å². The SMILES string of the molecule is CC(C)(C)OC(=O)[C@H](CCCCNS(=O)(=O)c1ccc(Br)cc1)C(N)=O. The van der Waals surface area contributed by atoms with Crippen LogP contribution < -0.4 is 10.5 Å². The molecule has 1 atom stereocenters. The molecule has 0 spiro atoms. The Balaban J connectivity index is 2.47. The van der Waals surface area contributed by atoms with Crippen molar-refractivity contribution < 1.29 is 22.7 Å². The molecule has 0 saturated heterocycles. The van der Waals surface area contributed by atoms with Crippen LogP contribution in [0.2, 0.25) is 0 Å². The number of nitrogens with one attached hydrogen (secondary N) is 1. The molecule has 0 aliphatic carbocycles. The molecule has 1 aromatic carbocycles. The highest BCUT2D eigenvalue weighted by Crippen LogP contribution is 2.17. The Hall–Kier alpha value is -1.45. The second kappa shape index (κ2) is 9.48. The molecule has 9 heteroatoms. The third-order valence-corrected chi connectivity index (χ3v) is 5.38. The van der Waals surface area contributed by atoms with Crippen LogP contribution in [0.1, 0.15) is 40.0 Å². The third-order valence-electron chi connectivity index (χ3n) is 3.37. The highest BCUT2D eigenvalue weighted by atomic mass is 79.9. The maximum absolute atomic E-state index is 12.1. The zero-order chi connectivity index (χ0) is 20.0. The number of nitrogens with two attached hydrogens (primary N) is 1. The van der Waals surface area contributed by atoms with Crippen molar-refractivity contribution in [3.8, 4) is 0 Å². The van der Waals surface area contributed by atoms with Crippen molar-refractivity contribution in [2.24, 2.45) is 11.7 Å². The molecule has 3 N–H and O–H groups in total. The number of hydrogen-bond acceptors (Lipinski definition) is 5. The molecule has 1 rings (SSSR count). The molecule has 0 aliphatic heterocycles. The van der Waals surface area contributed by atoms with E-state index >= 15 is 0 Å².